The van der Waals surface area contributed by atoms with Gasteiger partial charge in [-0.3, -0.25) is 9.59 Å². The third-order valence-electron chi connectivity index (χ3n) is 2.65. The summed E-state index contributed by atoms with van der Waals surface area (Å²) in [5, 5.41) is 17.5. The van der Waals surface area contributed by atoms with Crippen molar-refractivity contribution in [3.05, 3.63) is 0 Å². The highest BCUT2D eigenvalue weighted by molar-refractivity contribution is 5.84. The van der Waals surface area contributed by atoms with Gasteiger partial charge in [-0.1, -0.05) is 0 Å². The number of carbonyl (C=O) groups excluding carboxylic acids is 1. The van der Waals surface area contributed by atoms with Crippen LogP contribution >= 0.6 is 0 Å². The molecule has 0 rings (SSSR count). The van der Waals surface area contributed by atoms with E-state index in [1.54, 1.807) is 4.90 Å². The molecule has 0 aliphatic heterocycles. The van der Waals surface area contributed by atoms with E-state index >= 15 is 0 Å². The highest BCUT2D eigenvalue weighted by atomic mass is 16.5. The Morgan fingerprint density at radius 1 is 1.28 bits per heavy atom. The van der Waals surface area contributed by atoms with Crippen LogP contribution in [0.25, 0.3) is 0 Å². The predicted molar refractivity (Wildman–Crippen MR) is 66.2 cm³/mol. The van der Waals surface area contributed by atoms with Crippen molar-refractivity contribution in [2.75, 3.05) is 32.9 Å². The number of ether oxygens (including phenoxy) is 1. The van der Waals surface area contributed by atoms with Gasteiger partial charge in [0.25, 0.3) is 0 Å². The van der Waals surface area contributed by atoms with Crippen molar-refractivity contribution < 1.29 is 24.5 Å². The maximum absolute atomic E-state index is 11.9. The minimum absolute atomic E-state index is 0.0316. The van der Waals surface area contributed by atoms with Gasteiger partial charge in [0, 0.05) is 19.5 Å². The largest absolute Gasteiger partial charge is 0.481 e. The topological polar surface area (TPSA) is 87.1 Å². The Kier molecular flexibility index (Phi) is 7.54. The second-order valence-electron chi connectivity index (χ2n) is 4.68. The molecular formula is C12H23NO5. The summed E-state index contributed by atoms with van der Waals surface area (Å²) in [6.07, 6.45) is -0.0316. The van der Waals surface area contributed by atoms with Crippen LogP contribution in [0.3, 0.4) is 0 Å². The van der Waals surface area contributed by atoms with Gasteiger partial charge in [-0.2, -0.15) is 0 Å². The molecule has 0 aromatic heterocycles. The number of hydrogen-bond donors (Lipinski definition) is 2. The molecule has 0 atom stereocenters. The fraction of sp³-hybridized carbons (Fsp3) is 0.833. The number of nitrogens with zero attached hydrogens (tertiary/aromatic N) is 1. The third kappa shape index (κ3) is 5.97. The monoisotopic (exact) mass is 261 g/mol. The lowest BCUT2D eigenvalue weighted by molar-refractivity contribution is -0.151. The molecule has 0 heterocycles. The molecule has 0 spiro atoms. The average Bonchev–Trinajstić information content (AvgIpc) is 2.28. The number of aliphatic hydroxyl groups excluding tert-OH is 1. The van der Waals surface area contributed by atoms with E-state index in [4.69, 9.17) is 14.9 Å². The van der Waals surface area contributed by atoms with Crippen molar-refractivity contribution in [1.29, 1.82) is 0 Å². The van der Waals surface area contributed by atoms with E-state index in [1.807, 2.05) is 6.92 Å². The maximum Gasteiger partial charge on any atom is 0.309 e. The van der Waals surface area contributed by atoms with Crippen molar-refractivity contribution in [3.63, 3.8) is 0 Å². The van der Waals surface area contributed by atoms with Crippen LogP contribution in [0.2, 0.25) is 0 Å². The van der Waals surface area contributed by atoms with Crippen LogP contribution in [0.4, 0.5) is 0 Å². The third-order valence-corrected chi connectivity index (χ3v) is 2.65. The molecule has 0 radical (unpaired) electrons. The fourth-order valence-electron chi connectivity index (χ4n) is 1.37. The lowest BCUT2D eigenvalue weighted by Crippen LogP contribution is -2.38. The molecule has 6 nitrogen and oxygen atoms in total. The molecule has 0 bridgehead atoms. The smallest absolute Gasteiger partial charge is 0.309 e. The molecule has 0 aliphatic carbocycles. The molecule has 2 N–H and O–H groups in total. The molecule has 0 fully saturated rings. The summed E-state index contributed by atoms with van der Waals surface area (Å²) >= 11 is 0. The van der Waals surface area contributed by atoms with Gasteiger partial charge in [0.1, 0.15) is 0 Å². The second-order valence-corrected chi connectivity index (χ2v) is 4.68. The molecule has 1 amide bonds. The van der Waals surface area contributed by atoms with Crippen molar-refractivity contribution in [3.8, 4) is 0 Å². The zero-order valence-electron chi connectivity index (χ0n) is 11.3. The number of hydrogen-bond acceptors (Lipinski definition) is 4. The van der Waals surface area contributed by atoms with Crippen LogP contribution < -0.4 is 0 Å². The zero-order chi connectivity index (χ0) is 14.2. The van der Waals surface area contributed by atoms with Crippen molar-refractivity contribution in [1.82, 2.24) is 4.90 Å². The standard InChI is InChI=1S/C12H23NO5/c1-4-13(5-7-18-8-6-14)10(15)9-12(2,3)11(16)17/h14H,4-9H2,1-3H3,(H,16,17). The molecule has 0 aromatic rings. The first-order valence-electron chi connectivity index (χ1n) is 6.05. The summed E-state index contributed by atoms with van der Waals surface area (Å²) in [5.74, 6) is -1.18. The summed E-state index contributed by atoms with van der Waals surface area (Å²) in [6, 6.07) is 0. The van der Waals surface area contributed by atoms with Gasteiger partial charge in [-0.25, -0.2) is 0 Å². The molecule has 6 heteroatoms. The number of amides is 1. The Balaban J connectivity index is 4.22. The van der Waals surface area contributed by atoms with Gasteiger partial charge in [0.05, 0.1) is 25.2 Å². The van der Waals surface area contributed by atoms with Crippen molar-refractivity contribution >= 4 is 11.9 Å². The van der Waals surface area contributed by atoms with Gasteiger partial charge < -0.3 is 19.8 Å². The molecule has 18 heavy (non-hydrogen) atoms. The molecule has 0 aromatic carbocycles. The van der Waals surface area contributed by atoms with E-state index in [0.717, 1.165) is 0 Å². The first-order valence-corrected chi connectivity index (χ1v) is 6.05. The van der Waals surface area contributed by atoms with Gasteiger partial charge >= 0.3 is 5.97 Å². The summed E-state index contributed by atoms with van der Waals surface area (Å²) in [5.41, 5.74) is -1.06. The fourth-order valence-corrected chi connectivity index (χ4v) is 1.37. The van der Waals surface area contributed by atoms with E-state index in [2.05, 4.69) is 0 Å². The summed E-state index contributed by atoms with van der Waals surface area (Å²) in [7, 11) is 0. The van der Waals surface area contributed by atoms with Crippen LogP contribution in [-0.2, 0) is 14.3 Å². The van der Waals surface area contributed by atoms with Crippen molar-refractivity contribution in [2.24, 2.45) is 5.41 Å². The van der Waals surface area contributed by atoms with Crippen molar-refractivity contribution in [2.45, 2.75) is 27.2 Å². The lowest BCUT2D eigenvalue weighted by atomic mass is 9.89. The molecular weight excluding hydrogens is 238 g/mol. The molecule has 0 saturated heterocycles. The van der Waals surface area contributed by atoms with Gasteiger partial charge in [-0.05, 0) is 20.8 Å². The number of carboxylic acids is 1. The number of carboxylic acid groups (broad SMARTS) is 1. The minimum atomic E-state index is -1.06. The van der Waals surface area contributed by atoms with Crippen LogP contribution in [0, 0.1) is 5.41 Å². The number of aliphatic hydroxyl groups is 1. The SMILES string of the molecule is CCN(CCOCCO)C(=O)CC(C)(C)C(=O)O. The number of carbonyl (C=O) groups is 2. The van der Waals surface area contributed by atoms with Gasteiger partial charge in [0.15, 0.2) is 0 Å². The summed E-state index contributed by atoms with van der Waals surface area (Å²) in [6.45, 7) is 6.35. The quantitative estimate of drug-likeness (QED) is 0.585. The first kappa shape index (κ1) is 16.9. The highest BCUT2D eigenvalue weighted by Gasteiger charge is 2.31. The van der Waals surface area contributed by atoms with Crippen LogP contribution in [0.15, 0.2) is 0 Å². The van der Waals surface area contributed by atoms with E-state index in [1.165, 1.54) is 13.8 Å². The average molecular weight is 261 g/mol. The zero-order valence-corrected chi connectivity index (χ0v) is 11.3. The van der Waals surface area contributed by atoms with Crippen LogP contribution in [-0.4, -0.2) is 59.9 Å². The minimum Gasteiger partial charge on any atom is -0.481 e. The van der Waals surface area contributed by atoms with E-state index in [0.29, 0.717) is 19.7 Å². The van der Waals surface area contributed by atoms with Gasteiger partial charge in [0.2, 0.25) is 5.91 Å². The van der Waals surface area contributed by atoms with E-state index in [-0.39, 0.29) is 25.5 Å². The lowest BCUT2D eigenvalue weighted by Gasteiger charge is -2.25. The predicted octanol–water partition coefficient (Wildman–Crippen LogP) is 0.345. The molecule has 0 aliphatic rings. The van der Waals surface area contributed by atoms with E-state index < -0.39 is 11.4 Å². The molecule has 0 unspecified atom stereocenters. The Morgan fingerprint density at radius 3 is 2.33 bits per heavy atom. The number of likely N-dealkylation sites (N-methyl/N-ethyl adjacent to an activating group) is 1. The second kappa shape index (κ2) is 8.05. The Morgan fingerprint density at radius 2 is 1.89 bits per heavy atom. The maximum atomic E-state index is 11.9. The Labute approximate surface area is 108 Å². The number of aliphatic carboxylic acids is 1. The first-order chi connectivity index (χ1) is 8.35. The number of rotatable bonds is 9. The van der Waals surface area contributed by atoms with Crippen LogP contribution in [0.5, 0.6) is 0 Å². The summed E-state index contributed by atoms with van der Waals surface area (Å²) in [4.78, 5) is 24.4. The normalized spacial score (nSPS) is 11.3. The highest BCUT2D eigenvalue weighted by Crippen LogP contribution is 2.21. The Bertz CT molecular complexity index is 278. The molecule has 0 saturated carbocycles. The van der Waals surface area contributed by atoms with Gasteiger partial charge in [-0.15, -0.1) is 0 Å². The van der Waals surface area contributed by atoms with Crippen LogP contribution in [0.1, 0.15) is 27.2 Å². The van der Waals surface area contributed by atoms with E-state index in [9.17, 15) is 9.59 Å². The summed E-state index contributed by atoms with van der Waals surface area (Å²) < 4.78 is 5.08. The Hall–Kier alpha value is -1.14. The molecule has 106 valence electrons.